The van der Waals surface area contributed by atoms with Gasteiger partial charge in [-0.15, -0.1) is 0 Å². The monoisotopic (exact) mass is 396 g/mol. The van der Waals surface area contributed by atoms with E-state index in [4.69, 9.17) is 14.5 Å². The first-order chi connectivity index (χ1) is 13.7. The summed E-state index contributed by atoms with van der Waals surface area (Å²) in [4.78, 5) is 21.6. The number of rotatable bonds is 4. The summed E-state index contributed by atoms with van der Waals surface area (Å²) in [5.74, 6) is 1.36. The second kappa shape index (κ2) is 7.29. The van der Waals surface area contributed by atoms with Crippen LogP contribution in [-0.2, 0) is 4.79 Å². The van der Waals surface area contributed by atoms with Gasteiger partial charge >= 0.3 is 0 Å². The van der Waals surface area contributed by atoms with Gasteiger partial charge in [-0.3, -0.25) is 9.69 Å². The van der Waals surface area contributed by atoms with Gasteiger partial charge in [0, 0.05) is 37.9 Å². The molecule has 0 spiro atoms. The van der Waals surface area contributed by atoms with Crippen molar-refractivity contribution < 1.29 is 14.3 Å². The van der Waals surface area contributed by atoms with Crippen LogP contribution in [-0.4, -0.2) is 55.3 Å². The third-order valence-electron chi connectivity index (χ3n) is 4.95. The van der Waals surface area contributed by atoms with Crippen molar-refractivity contribution in [2.75, 3.05) is 49.7 Å². The standard InChI is InChI=1S/C20H20N4O3S/c25-19(21-14-5-6-16-17(11-14)27-13-26-16)12-23-7-9-24(10-8-23)20-22-15-3-1-2-4-18(15)28-20/h1-6,11H,7-10,12-13H2,(H,21,25). The Morgan fingerprint density at radius 1 is 1.07 bits per heavy atom. The van der Waals surface area contributed by atoms with Crippen molar-refractivity contribution in [3.05, 3.63) is 42.5 Å². The molecule has 0 atom stereocenters. The Morgan fingerprint density at radius 3 is 2.75 bits per heavy atom. The van der Waals surface area contributed by atoms with Crippen LogP contribution < -0.4 is 19.7 Å². The van der Waals surface area contributed by atoms with Gasteiger partial charge in [-0.1, -0.05) is 23.5 Å². The van der Waals surface area contributed by atoms with E-state index < -0.39 is 0 Å². The molecular weight excluding hydrogens is 376 g/mol. The Hall–Kier alpha value is -2.84. The molecular formula is C20H20N4O3S. The highest BCUT2D eigenvalue weighted by molar-refractivity contribution is 7.22. The van der Waals surface area contributed by atoms with E-state index in [1.807, 2.05) is 30.3 Å². The minimum Gasteiger partial charge on any atom is -0.454 e. The van der Waals surface area contributed by atoms with Crippen LogP contribution in [0.15, 0.2) is 42.5 Å². The molecule has 0 radical (unpaired) electrons. The van der Waals surface area contributed by atoms with E-state index in [9.17, 15) is 4.79 Å². The molecule has 1 N–H and O–H groups in total. The summed E-state index contributed by atoms with van der Waals surface area (Å²) in [5, 5.41) is 4.00. The van der Waals surface area contributed by atoms with Crippen molar-refractivity contribution in [1.82, 2.24) is 9.88 Å². The number of thiazole rings is 1. The lowest BCUT2D eigenvalue weighted by atomic mass is 10.2. The SMILES string of the molecule is O=C(CN1CCN(c2nc3ccccc3s2)CC1)Nc1ccc2c(c1)OCO2. The molecule has 28 heavy (non-hydrogen) atoms. The van der Waals surface area contributed by atoms with Crippen LogP contribution in [0.5, 0.6) is 11.5 Å². The van der Waals surface area contributed by atoms with Crippen LogP contribution in [0.3, 0.4) is 0 Å². The number of hydrogen-bond acceptors (Lipinski definition) is 7. The fraction of sp³-hybridized carbons (Fsp3) is 0.300. The van der Waals surface area contributed by atoms with E-state index in [0.717, 1.165) is 42.5 Å². The zero-order valence-corrected chi connectivity index (χ0v) is 16.1. The van der Waals surface area contributed by atoms with Crippen molar-refractivity contribution in [1.29, 1.82) is 0 Å². The maximum Gasteiger partial charge on any atom is 0.238 e. The fourth-order valence-electron chi connectivity index (χ4n) is 3.47. The minimum absolute atomic E-state index is 0.0210. The molecule has 1 saturated heterocycles. The number of amides is 1. The second-order valence-electron chi connectivity index (χ2n) is 6.84. The number of para-hydroxylation sites is 1. The minimum atomic E-state index is -0.0210. The summed E-state index contributed by atoms with van der Waals surface area (Å²) in [7, 11) is 0. The number of nitrogens with one attached hydrogen (secondary N) is 1. The third-order valence-corrected chi connectivity index (χ3v) is 6.05. The van der Waals surface area contributed by atoms with Gasteiger partial charge in [0.1, 0.15) is 0 Å². The molecule has 1 fully saturated rings. The predicted molar refractivity (Wildman–Crippen MR) is 109 cm³/mol. The van der Waals surface area contributed by atoms with Crippen molar-refractivity contribution in [2.45, 2.75) is 0 Å². The first-order valence-electron chi connectivity index (χ1n) is 9.27. The molecule has 8 heteroatoms. The number of hydrogen-bond donors (Lipinski definition) is 1. The van der Waals surface area contributed by atoms with Crippen molar-refractivity contribution in [3.8, 4) is 11.5 Å². The highest BCUT2D eigenvalue weighted by atomic mass is 32.1. The summed E-state index contributed by atoms with van der Waals surface area (Å²) < 4.78 is 11.9. The van der Waals surface area contributed by atoms with Gasteiger partial charge in [0.25, 0.3) is 0 Å². The summed E-state index contributed by atoms with van der Waals surface area (Å²) in [6.07, 6.45) is 0. The number of nitrogens with zero attached hydrogens (tertiary/aromatic N) is 3. The maximum atomic E-state index is 12.4. The second-order valence-corrected chi connectivity index (χ2v) is 7.85. The van der Waals surface area contributed by atoms with Gasteiger partial charge in [-0.05, 0) is 24.3 Å². The van der Waals surface area contributed by atoms with E-state index in [1.165, 1.54) is 4.70 Å². The van der Waals surface area contributed by atoms with E-state index in [-0.39, 0.29) is 12.7 Å². The molecule has 0 bridgehead atoms. The van der Waals surface area contributed by atoms with E-state index in [2.05, 4.69) is 21.2 Å². The third kappa shape index (κ3) is 3.48. The van der Waals surface area contributed by atoms with Gasteiger partial charge in [0.05, 0.1) is 16.8 Å². The number of benzene rings is 2. The van der Waals surface area contributed by atoms with Gasteiger partial charge in [0.15, 0.2) is 16.6 Å². The summed E-state index contributed by atoms with van der Waals surface area (Å²) >= 11 is 1.73. The highest BCUT2D eigenvalue weighted by Gasteiger charge is 2.22. The lowest BCUT2D eigenvalue weighted by molar-refractivity contribution is -0.117. The molecule has 5 rings (SSSR count). The van der Waals surface area contributed by atoms with E-state index in [0.29, 0.717) is 18.0 Å². The van der Waals surface area contributed by atoms with Crippen molar-refractivity contribution in [3.63, 3.8) is 0 Å². The van der Waals surface area contributed by atoms with E-state index in [1.54, 1.807) is 17.4 Å². The molecule has 1 aromatic heterocycles. The number of fused-ring (bicyclic) bond motifs is 2. The normalized spacial score (nSPS) is 16.5. The molecule has 2 aliphatic rings. The molecule has 0 saturated carbocycles. The van der Waals surface area contributed by atoms with Gasteiger partial charge in [-0.25, -0.2) is 4.98 Å². The van der Waals surface area contributed by atoms with Crippen LogP contribution >= 0.6 is 11.3 Å². The largest absolute Gasteiger partial charge is 0.454 e. The molecule has 2 aromatic carbocycles. The molecule has 7 nitrogen and oxygen atoms in total. The molecule has 1 amide bonds. The summed E-state index contributed by atoms with van der Waals surface area (Å²) in [6, 6.07) is 13.7. The predicted octanol–water partition coefficient (Wildman–Crippen LogP) is 2.79. The first-order valence-corrected chi connectivity index (χ1v) is 10.1. The molecule has 3 aromatic rings. The zero-order chi connectivity index (χ0) is 18.9. The number of anilines is 2. The summed E-state index contributed by atoms with van der Waals surface area (Å²) in [6.45, 7) is 4.02. The number of carbonyl (C=O) groups is 1. The van der Waals surface area contributed by atoms with Crippen molar-refractivity contribution >= 4 is 38.3 Å². The maximum absolute atomic E-state index is 12.4. The van der Waals surface area contributed by atoms with Gasteiger partial charge in [-0.2, -0.15) is 0 Å². The molecule has 0 unspecified atom stereocenters. The zero-order valence-electron chi connectivity index (χ0n) is 15.3. The number of aromatic nitrogens is 1. The Bertz CT molecular complexity index is 981. The lowest BCUT2D eigenvalue weighted by Crippen LogP contribution is -2.48. The molecule has 144 valence electrons. The highest BCUT2D eigenvalue weighted by Crippen LogP contribution is 2.34. The number of carbonyl (C=O) groups excluding carboxylic acids is 1. The number of piperazine rings is 1. The van der Waals surface area contributed by atoms with Crippen LogP contribution in [0.25, 0.3) is 10.2 Å². The average Bonchev–Trinajstić information content (AvgIpc) is 3.34. The average molecular weight is 396 g/mol. The van der Waals surface area contributed by atoms with Crippen LogP contribution in [0.2, 0.25) is 0 Å². The first kappa shape index (κ1) is 17.3. The lowest BCUT2D eigenvalue weighted by Gasteiger charge is -2.34. The van der Waals surface area contributed by atoms with E-state index >= 15 is 0 Å². The number of ether oxygens (including phenoxy) is 2. The van der Waals surface area contributed by atoms with Crippen molar-refractivity contribution in [2.24, 2.45) is 0 Å². The van der Waals surface area contributed by atoms with Gasteiger partial charge in [0.2, 0.25) is 12.7 Å². The Labute approximate surface area is 166 Å². The van der Waals surface area contributed by atoms with Crippen LogP contribution in [0, 0.1) is 0 Å². The smallest absolute Gasteiger partial charge is 0.238 e. The molecule has 2 aliphatic heterocycles. The molecule has 3 heterocycles. The molecule has 0 aliphatic carbocycles. The topological polar surface area (TPSA) is 66.9 Å². The Morgan fingerprint density at radius 2 is 1.89 bits per heavy atom. The van der Waals surface area contributed by atoms with Crippen LogP contribution in [0.4, 0.5) is 10.8 Å². The Kier molecular flexibility index (Phi) is 4.50. The van der Waals surface area contributed by atoms with Gasteiger partial charge < -0.3 is 19.7 Å². The Balaban J connectivity index is 1.15. The quantitative estimate of drug-likeness (QED) is 0.732. The fourth-order valence-corrected chi connectivity index (χ4v) is 4.49. The summed E-state index contributed by atoms with van der Waals surface area (Å²) in [5.41, 5.74) is 1.77. The van der Waals surface area contributed by atoms with Crippen LogP contribution in [0.1, 0.15) is 0 Å².